The Bertz CT molecular complexity index is 579. The van der Waals surface area contributed by atoms with Gasteiger partial charge in [0.05, 0.1) is 0 Å². The summed E-state index contributed by atoms with van der Waals surface area (Å²) in [7, 11) is 1.95. The zero-order valence-corrected chi connectivity index (χ0v) is 11.8. The number of anilines is 1. The van der Waals surface area contributed by atoms with Crippen LogP contribution in [0.15, 0.2) is 58.8 Å². The smallest absolute Gasteiger partial charge is 0.0461 e. The third-order valence-electron chi connectivity index (χ3n) is 2.83. The van der Waals surface area contributed by atoms with Crippen LogP contribution >= 0.6 is 11.8 Å². The summed E-state index contributed by atoms with van der Waals surface area (Å²) in [5, 5.41) is 3.19. The summed E-state index contributed by atoms with van der Waals surface area (Å²) in [6.45, 7) is 4.61. The molecule has 2 aromatic rings. The maximum atomic E-state index is 6.08. The highest BCUT2D eigenvalue weighted by Gasteiger charge is 2.06. The van der Waals surface area contributed by atoms with Gasteiger partial charge >= 0.3 is 0 Å². The normalized spacial score (nSPS) is 10.4. The molecule has 2 aromatic carbocycles. The molecule has 0 radical (unpaired) electrons. The van der Waals surface area contributed by atoms with Crippen LogP contribution < -0.4 is 11.1 Å². The fraction of sp³-hybridized carbons (Fsp3) is 0.125. The topological polar surface area (TPSA) is 38.0 Å². The van der Waals surface area contributed by atoms with E-state index >= 15 is 0 Å². The van der Waals surface area contributed by atoms with Crippen molar-refractivity contribution in [2.75, 3.05) is 12.8 Å². The van der Waals surface area contributed by atoms with Crippen LogP contribution in [0.25, 0.3) is 6.08 Å². The van der Waals surface area contributed by atoms with E-state index < -0.39 is 0 Å². The van der Waals surface area contributed by atoms with E-state index in [0.29, 0.717) is 0 Å². The van der Waals surface area contributed by atoms with E-state index in [9.17, 15) is 0 Å². The summed E-state index contributed by atoms with van der Waals surface area (Å²) < 4.78 is 0. The van der Waals surface area contributed by atoms with E-state index in [2.05, 4.69) is 36.2 Å². The Kier molecular flexibility index (Phi) is 4.66. The van der Waals surface area contributed by atoms with Crippen molar-refractivity contribution in [1.82, 2.24) is 5.32 Å². The zero-order chi connectivity index (χ0) is 13.7. The quantitative estimate of drug-likeness (QED) is 0.812. The Morgan fingerprint density at radius 3 is 2.68 bits per heavy atom. The average molecular weight is 270 g/mol. The molecule has 0 aliphatic rings. The Morgan fingerprint density at radius 1 is 1.21 bits per heavy atom. The fourth-order valence-corrected chi connectivity index (χ4v) is 2.81. The molecular weight excluding hydrogens is 252 g/mol. The number of nitrogen functional groups attached to an aromatic ring is 1. The van der Waals surface area contributed by atoms with E-state index in [1.54, 1.807) is 17.8 Å². The third-order valence-corrected chi connectivity index (χ3v) is 4.04. The van der Waals surface area contributed by atoms with Crippen LogP contribution in [0.2, 0.25) is 0 Å². The van der Waals surface area contributed by atoms with Crippen LogP contribution in [0, 0.1) is 0 Å². The molecule has 0 amide bonds. The summed E-state index contributed by atoms with van der Waals surface area (Å²) in [6, 6.07) is 14.4. The average Bonchev–Trinajstić information content (AvgIpc) is 2.43. The van der Waals surface area contributed by atoms with Crippen molar-refractivity contribution in [3.05, 3.63) is 60.2 Å². The standard InChI is InChI=1S/C16H18N2S/c1-3-12-8-9-16(14(17)10-12)19-15-7-5-4-6-13(15)11-18-2/h3-10,18H,1,11,17H2,2H3. The second-order valence-corrected chi connectivity index (χ2v) is 5.33. The maximum absolute atomic E-state index is 6.08. The number of hydrogen-bond acceptors (Lipinski definition) is 3. The highest BCUT2D eigenvalue weighted by molar-refractivity contribution is 7.99. The Morgan fingerprint density at radius 2 is 2.00 bits per heavy atom. The number of rotatable bonds is 5. The molecule has 0 aromatic heterocycles. The van der Waals surface area contributed by atoms with E-state index in [1.165, 1.54) is 10.5 Å². The highest BCUT2D eigenvalue weighted by atomic mass is 32.2. The first-order valence-corrected chi connectivity index (χ1v) is 6.98. The van der Waals surface area contributed by atoms with E-state index in [1.807, 2.05) is 25.2 Å². The van der Waals surface area contributed by atoms with Gasteiger partial charge in [0, 0.05) is 22.0 Å². The van der Waals surface area contributed by atoms with Gasteiger partial charge in [-0.15, -0.1) is 0 Å². The van der Waals surface area contributed by atoms with Gasteiger partial charge < -0.3 is 11.1 Å². The molecular formula is C16H18N2S. The number of nitrogens with two attached hydrogens (primary N) is 1. The Labute approximate surface area is 118 Å². The van der Waals surface area contributed by atoms with E-state index in [0.717, 1.165) is 22.7 Å². The minimum atomic E-state index is 0.793. The third kappa shape index (κ3) is 3.40. The molecule has 2 rings (SSSR count). The van der Waals surface area contributed by atoms with Crippen molar-refractivity contribution in [2.24, 2.45) is 0 Å². The van der Waals surface area contributed by atoms with Crippen molar-refractivity contribution < 1.29 is 0 Å². The SMILES string of the molecule is C=Cc1ccc(Sc2ccccc2CNC)c(N)c1. The zero-order valence-electron chi connectivity index (χ0n) is 11.0. The van der Waals surface area contributed by atoms with E-state index in [4.69, 9.17) is 5.73 Å². The molecule has 0 atom stereocenters. The molecule has 0 spiro atoms. The van der Waals surface area contributed by atoms with Gasteiger partial charge in [-0.1, -0.05) is 48.7 Å². The summed E-state index contributed by atoms with van der Waals surface area (Å²) in [5.74, 6) is 0. The first kappa shape index (κ1) is 13.7. The molecule has 0 heterocycles. The molecule has 3 N–H and O–H groups in total. The Hall–Kier alpha value is -1.71. The molecule has 3 heteroatoms. The van der Waals surface area contributed by atoms with Crippen molar-refractivity contribution in [2.45, 2.75) is 16.3 Å². The summed E-state index contributed by atoms with van der Waals surface area (Å²) in [6.07, 6.45) is 1.81. The first-order valence-electron chi connectivity index (χ1n) is 6.17. The number of nitrogens with one attached hydrogen (secondary N) is 1. The van der Waals surface area contributed by atoms with Crippen LogP contribution in [-0.4, -0.2) is 7.05 Å². The van der Waals surface area contributed by atoms with Gasteiger partial charge in [-0.05, 0) is 36.4 Å². The molecule has 0 aliphatic heterocycles. The second-order valence-electron chi connectivity index (χ2n) is 4.24. The molecule has 0 unspecified atom stereocenters. The van der Waals surface area contributed by atoms with Crippen LogP contribution in [-0.2, 0) is 6.54 Å². The van der Waals surface area contributed by atoms with Crippen LogP contribution in [0.5, 0.6) is 0 Å². The van der Waals surface area contributed by atoms with Crippen LogP contribution in [0.4, 0.5) is 5.69 Å². The number of hydrogen-bond donors (Lipinski definition) is 2. The summed E-state index contributed by atoms with van der Waals surface area (Å²) in [5.41, 5.74) is 9.20. The minimum Gasteiger partial charge on any atom is -0.398 e. The highest BCUT2D eigenvalue weighted by Crippen LogP contribution is 2.34. The lowest BCUT2D eigenvalue weighted by molar-refractivity contribution is 0.803. The molecule has 2 nitrogen and oxygen atoms in total. The largest absolute Gasteiger partial charge is 0.398 e. The lowest BCUT2D eigenvalue weighted by Crippen LogP contribution is -2.05. The molecule has 0 saturated heterocycles. The maximum Gasteiger partial charge on any atom is 0.0461 e. The fourth-order valence-electron chi connectivity index (χ4n) is 1.85. The predicted molar refractivity (Wildman–Crippen MR) is 84.3 cm³/mol. The first-order chi connectivity index (χ1) is 9.24. The van der Waals surface area contributed by atoms with Gasteiger partial charge in [0.1, 0.15) is 0 Å². The Balaban J connectivity index is 2.28. The van der Waals surface area contributed by atoms with Crippen LogP contribution in [0.3, 0.4) is 0 Å². The lowest BCUT2D eigenvalue weighted by Gasteiger charge is -2.10. The van der Waals surface area contributed by atoms with Crippen LogP contribution in [0.1, 0.15) is 11.1 Å². The number of benzene rings is 2. The van der Waals surface area contributed by atoms with Gasteiger partial charge in [-0.2, -0.15) is 0 Å². The second kappa shape index (κ2) is 6.45. The van der Waals surface area contributed by atoms with Gasteiger partial charge in [0.2, 0.25) is 0 Å². The monoisotopic (exact) mass is 270 g/mol. The molecule has 0 bridgehead atoms. The molecule has 0 aliphatic carbocycles. The predicted octanol–water partition coefficient (Wildman–Crippen LogP) is 3.78. The van der Waals surface area contributed by atoms with Crippen molar-refractivity contribution >= 4 is 23.5 Å². The van der Waals surface area contributed by atoms with Gasteiger partial charge in [0.15, 0.2) is 0 Å². The van der Waals surface area contributed by atoms with Gasteiger partial charge in [0.25, 0.3) is 0 Å². The van der Waals surface area contributed by atoms with E-state index in [-0.39, 0.29) is 0 Å². The molecule has 98 valence electrons. The molecule has 0 saturated carbocycles. The van der Waals surface area contributed by atoms with Crippen molar-refractivity contribution in [1.29, 1.82) is 0 Å². The molecule has 0 fully saturated rings. The summed E-state index contributed by atoms with van der Waals surface area (Å²) in [4.78, 5) is 2.31. The van der Waals surface area contributed by atoms with Crippen molar-refractivity contribution in [3.8, 4) is 0 Å². The van der Waals surface area contributed by atoms with Gasteiger partial charge in [-0.25, -0.2) is 0 Å². The van der Waals surface area contributed by atoms with Crippen molar-refractivity contribution in [3.63, 3.8) is 0 Å². The lowest BCUT2D eigenvalue weighted by atomic mass is 10.2. The molecule has 19 heavy (non-hydrogen) atoms. The van der Waals surface area contributed by atoms with Gasteiger partial charge in [-0.3, -0.25) is 0 Å². The minimum absolute atomic E-state index is 0.793. The summed E-state index contributed by atoms with van der Waals surface area (Å²) >= 11 is 1.70.